The molecule has 0 bridgehead atoms. The molecule has 4 rings (SSSR count). The molecule has 186 valence electrons. The summed E-state index contributed by atoms with van der Waals surface area (Å²) in [7, 11) is 0. The lowest BCUT2D eigenvalue weighted by atomic mass is 9.74. The molecule has 0 aromatic heterocycles. The first-order valence-electron chi connectivity index (χ1n) is 11.0. The molecule has 0 radical (unpaired) electrons. The van der Waals surface area contributed by atoms with Crippen molar-refractivity contribution in [3.63, 3.8) is 0 Å². The van der Waals surface area contributed by atoms with E-state index in [4.69, 9.17) is 9.47 Å². The molecule has 0 spiro atoms. The van der Waals surface area contributed by atoms with Crippen LogP contribution in [0.25, 0.3) is 0 Å². The van der Waals surface area contributed by atoms with Gasteiger partial charge in [-0.05, 0) is 43.9 Å². The smallest absolute Gasteiger partial charge is 0.261 e. The highest BCUT2D eigenvalue weighted by Gasteiger charge is 2.38. The number of benzene rings is 2. The minimum absolute atomic E-state index is 0.0141. The zero-order valence-electron chi connectivity index (χ0n) is 18.5. The van der Waals surface area contributed by atoms with Crippen molar-refractivity contribution >= 4 is 17.6 Å². The Bertz CT molecular complexity index is 1170. The van der Waals surface area contributed by atoms with Crippen LogP contribution in [0.1, 0.15) is 42.5 Å². The summed E-state index contributed by atoms with van der Waals surface area (Å²) in [5.74, 6) is -6.22. The van der Waals surface area contributed by atoms with Crippen molar-refractivity contribution in [1.29, 1.82) is 0 Å². The van der Waals surface area contributed by atoms with E-state index in [-0.39, 0.29) is 30.0 Å². The predicted octanol–water partition coefficient (Wildman–Crippen LogP) is 3.20. The molecule has 2 aromatic carbocycles. The van der Waals surface area contributed by atoms with Crippen molar-refractivity contribution in [2.45, 2.75) is 43.7 Å². The second-order valence-electron chi connectivity index (χ2n) is 8.58. The summed E-state index contributed by atoms with van der Waals surface area (Å²) in [6.07, 6.45) is 1.13. The number of rotatable bonds is 8. The number of hydrogen-bond donors (Lipinski definition) is 2. The summed E-state index contributed by atoms with van der Waals surface area (Å²) >= 11 is 0. The molecule has 0 saturated heterocycles. The fraction of sp³-hybridized carbons (Fsp3) is 0.375. The summed E-state index contributed by atoms with van der Waals surface area (Å²) in [5.41, 5.74) is -0.673. The molecular weight excluding hydrogens is 472 g/mol. The quantitative estimate of drug-likeness (QED) is 0.550. The minimum atomic E-state index is -1.19. The highest BCUT2D eigenvalue weighted by atomic mass is 19.2. The van der Waals surface area contributed by atoms with E-state index in [2.05, 4.69) is 10.6 Å². The normalized spacial score (nSPS) is 18.1. The van der Waals surface area contributed by atoms with Crippen LogP contribution in [0.3, 0.4) is 0 Å². The van der Waals surface area contributed by atoms with E-state index in [0.717, 1.165) is 30.7 Å². The van der Waals surface area contributed by atoms with Gasteiger partial charge >= 0.3 is 0 Å². The van der Waals surface area contributed by atoms with Crippen LogP contribution in [0.15, 0.2) is 30.3 Å². The average Bonchev–Trinajstić information content (AvgIpc) is 2.79. The van der Waals surface area contributed by atoms with Crippen molar-refractivity contribution < 1.29 is 41.4 Å². The van der Waals surface area contributed by atoms with Crippen molar-refractivity contribution in [2.24, 2.45) is 0 Å². The van der Waals surface area contributed by atoms with Crippen LogP contribution >= 0.6 is 0 Å². The number of fused-ring (bicyclic) bond motifs is 1. The van der Waals surface area contributed by atoms with Crippen LogP contribution in [-0.2, 0) is 9.59 Å². The van der Waals surface area contributed by atoms with Crippen molar-refractivity contribution in [3.05, 3.63) is 59.2 Å². The monoisotopic (exact) mass is 494 g/mol. The Morgan fingerprint density at radius 3 is 2.43 bits per heavy atom. The van der Waals surface area contributed by atoms with Gasteiger partial charge in [0, 0.05) is 24.2 Å². The molecule has 2 amide bonds. The third-order valence-electron chi connectivity index (χ3n) is 6.13. The molecule has 2 aliphatic rings. The van der Waals surface area contributed by atoms with Crippen molar-refractivity contribution in [1.82, 2.24) is 10.6 Å². The van der Waals surface area contributed by atoms with Crippen LogP contribution in [0.5, 0.6) is 11.5 Å². The van der Waals surface area contributed by atoms with E-state index < -0.39 is 59.1 Å². The summed E-state index contributed by atoms with van der Waals surface area (Å²) < 4.78 is 63.7. The Morgan fingerprint density at radius 1 is 1.03 bits per heavy atom. The summed E-state index contributed by atoms with van der Waals surface area (Å²) in [5, 5.41) is 5.52. The van der Waals surface area contributed by atoms with Gasteiger partial charge in [0.2, 0.25) is 0 Å². The minimum Gasteiger partial charge on any atom is -0.484 e. The number of ketones is 1. The van der Waals surface area contributed by atoms with Gasteiger partial charge in [-0.2, -0.15) is 0 Å². The first-order chi connectivity index (χ1) is 16.7. The predicted molar refractivity (Wildman–Crippen MR) is 114 cm³/mol. The lowest BCUT2D eigenvalue weighted by Gasteiger charge is -2.42. The molecule has 2 N–H and O–H groups in total. The van der Waals surface area contributed by atoms with Gasteiger partial charge in [-0.3, -0.25) is 14.4 Å². The molecular formula is C24H22F4N2O5. The standard InChI is InChI=1S/C24H22F4N2O5/c25-15-3-2-13(8-16(15)26)34-12-22(32)30-24(4-1-5-24)6-7-29-23(33)21-11-19(31)14-9-17(27)18(28)10-20(14)35-21/h2-3,8-10,21H,1,4-7,11-12H2,(H,29,33)(H,30,32)/t21-/m1/s1. The Morgan fingerprint density at radius 2 is 1.74 bits per heavy atom. The molecule has 1 aliphatic carbocycles. The largest absolute Gasteiger partial charge is 0.484 e. The molecule has 1 aliphatic heterocycles. The Hall–Kier alpha value is -3.63. The van der Waals surface area contributed by atoms with Crippen LogP contribution < -0.4 is 20.1 Å². The fourth-order valence-corrected chi connectivity index (χ4v) is 4.09. The van der Waals surface area contributed by atoms with Crippen molar-refractivity contribution in [3.8, 4) is 11.5 Å². The van der Waals surface area contributed by atoms with E-state index in [0.29, 0.717) is 19.3 Å². The summed E-state index contributed by atoms with van der Waals surface area (Å²) in [6.45, 7) is -0.227. The Kier molecular flexibility index (Phi) is 6.95. The van der Waals surface area contributed by atoms with Gasteiger partial charge < -0.3 is 20.1 Å². The zero-order chi connectivity index (χ0) is 25.2. The first-order valence-corrected chi connectivity index (χ1v) is 11.0. The van der Waals surface area contributed by atoms with Crippen LogP contribution in [0.4, 0.5) is 17.6 Å². The number of carbonyl (C=O) groups is 3. The lowest BCUT2D eigenvalue weighted by Crippen LogP contribution is -2.56. The number of halogens is 4. The van der Waals surface area contributed by atoms with Crippen LogP contribution in [0, 0.1) is 23.3 Å². The van der Waals surface area contributed by atoms with Gasteiger partial charge in [0.05, 0.1) is 12.0 Å². The third-order valence-corrected chi connectivity index (χ3v) is 6.13. The van der Waals surface area contributed by atoms with Gasteiger partial charge in [0.15, 0.2) is 41.8 Å². The second-order valence-corrected chi connectivity index (χ2v) is 8.58. The van der Waals surface area contributed by atoms with Gasteiger partial charge in [-0.1, -0.05) is 0 Å². The molecule has 1 fully saturated rings. The highest BCUT2D eigenvalue weighted by Crippen LogP contribution is 2.35. The maximum atomic E-state index is 13.5. The number of carbonyl (C=O) groups excluding carboxylic acids is 3. The SMILES string of the molecule is O=C(COc1ccc(F)c(F)c1)NC1(CCNC(=O)[C@H]2CC(=O)c3cc(F)c(F)cc3O2)CCC1. The molecule has 11 heteroatoms. The molecule has 35 heavy (non-hydrogen) atoms. The van der Waals surface area contributed by atoms with Crippen LogP contribution in [-0.4, -0.2) is 42.4 Å². The van der Waals surface area contributed by atoms with Gasteiger partial charge in [-0.25, -0.2) is 17.6 Å². The summed E-state index contributed by atoms with van der Waals surface area (Å²) in [6, 6.07) is 4.44. The van der Waals surface area contributed by atoms with E-state index in [9.17, 15) is 31.9 Å². The second kappa shape index (κ2) is 9.93. The highest BCUT2D eigenvalue weighted by molar-refractivity contribution is 6.03. The molecule has 1 saturated carbocycles. The van der Waals surface area contributed by atoms with Gasteiger partial charge in [0.25, 0.3) is 11.8 Å². The maximum absolute atomic E-state index is 13.5. The molecule has 1 atom stereocenters. The van der Waals surface area contributed by atoms with E-state index >= 15 is 0 Å². The topological polar surface area (TPSA) is 93.7 Å². The zero-order valence-corrected chi connectivity index (χ0v) is 18.5. The number of Topliss-reactive ketones (excluding diaryl/α,β-unsaturated/α-hetero) is 1. The van der Waals surface area contributed by atoms with Crippen molar-refractivity contribution in [2.75, 3.05) is 13.2 Å². The lowest BCUT2D eigenvalue weighted by molar-refractivity contribution is -0.128. The third kappa shape index (κ3) is 5.55. The number of ether oxygens (including phenoxy) is 2. The van der Waals surface area contributed by atoms with Crippen LogP contribution in [0.2, 0.25) is 0 Å². The Labute approximate surface area is 197 Å². The van der Waals surface area contributed by atoms with Gasteiger partial charge in [0.1, 0.15) is 11.5 Å². The van der Waals surface area contributed by atoms with Gasteiger partial charge in [-0.15, -0.1) is 0 Å². The Balaban J connectivity index is 1.26. The van der Waals surface area contributed by atoms with E-state index in [1.165, 1.54) is 6.07 Å². The first kappa shape index (κ1) is 24.5. The number of nitrogens with one attached hydrogen (secondary N) is 2. The maximum Gasteiger partial charge on any atom is 0.261 e. The molecule has 7 nitrogen and oxygen atoms in total. The van der Waals surface area contributed by atoms with E-state index in [1.807, 2.05) is 0 Å². The molecule has 1 heterocycles. The fourth-order valence-electron chi connectivity index (χ4n) is 4.09. The summed E-state index contributed by atoms with van der Waals surface area (Å²) in [4.78, 5) is 37.1. The molecule has 0 unspecified atom stereocenters. The molecule has 2 aromatic rings. The van der Waals surface area contributed by atoms with E-state index in [1.54, 1.807) is 0 Å². The number of amides is 2. The average molecular weight is 494 g/mol. The number of hydrogen-bond acceptors (Lipinski definition) is 5.